The van der Waals surface area contributed by atoms with Crippen LogP contribution in [-0.4, -0.2) is 16.6 Å². The lowest BCUT2D eigenvalue weighted by atomic mass is 10.1. The molecule has 0 fully saturated rings. The van der Waals surface area contributed by atoms with Crippen LogP contribution < -0.4 is 0 Å². The summed E-state index contributed by atoms with van der Waals surface area (Å²) in [6, 6.07) is 9.01. The van der Waals surface area contributed by atoms with Crippen molar-refractivity contribution in [3.05, 3.63) is 56.8 Å². The third kappa shape index (κ3) is 4.25. The summed E-state index contributed by atoms with van der Waals surface area (Å²) < 4.78 is 7.03. The molecule has 0 aliphatic rings. The minimum Gasteiger partial charge on any atom is -0.459 e. The molecular weight excluding hydrogens is 359 g/mol. The van der Waals surface area contributed by atoms with E-state index in [1.807, 2.05) is 30.6 Å². The standard InChI is InChI=1S/C19H18Cl2N2O2/c1-11(2)25-19(24)15(10-22)8-14-7-12(3)23(13(14)4)18-9-16(20)5-6-17(18)21/h5-9,11H,1-4H3. The fourth-order valence-corrected chi connectivity index (χ4v) is 2.90. The highest BCUT2D eigenvalue weighted by Crippen LogP contribution is 2.29. The topological polar surface area (TPSA) is 55.0 Å². The van der Waals surface area contributed by atoms with E-state index in [-0.39, 0.29) is 11.7 Å². The molecule has 4 nitrogen and oxygen atoms in total. The fraction of sp³-hybridized carbons (Fsp3) is 0.263. The van der Waals surface area contributed by atoms with Crippen LogP contribution in [0.25, 0.3) is 11.8 Å². The van der Waals surface area contributed by atoms with E-state index in [9.17, 15) is 10.1 Å². The zero-order valence-electron chi connectivity index (χ0n) is 14.4. The van der Waals surface area contributed by atoms with Gasteiger partial charge in [0.25, 0.3) is 0 Å². The molecule has 25 heavy (non-hydrogen) atoms. The van der Waals surface area contributed by atoms with Gasteiger partial charge in [-0.3, -0.25) is 0 Å². The molecule has 0 aliphatic heterocycles. The average molecular weight is 377 g/mol. The average Bonchev–Trinajstić information content (AvgIpc) is 2.80. The Kier molecular flexibility index (Phi) is 5.94. The number of carbonyl (C=O) groups is 1. The molecule has 130 valence electrons. The molecule has 1 aromatic heterocycles. The summed E-state index contributed by atoms with van der Waals surface area (Å²) in [5, 5.41) is 10.4. The van der Waals surface area contributed by atoms with Crippen molar-refractivity contribution in [2.75, 3.05) is 0 Å². The van der Waals surface area contributed by atoms with Gasteiger partial charge in [-0.05, 0) is 63.6 Å². The highest BCUT2D eigenvalue weighted by atomic mass is 35.5. The number of aromatic nitrogens is 1. The van der Waals surface area contributed by atoms with Gasteiger partial charge in [0.05, 0.1) is 16.8 Å². The van der Waals surface area contributed by atoms with Gasteiger partial charge in [-0.1, -0.05) is 23.2 Å². The lowest BCUT2D eigenvalue weighted by Gasteiger charge is -2.12. The Balaban J connectivity index is 2.53. The predicted molar refractivity (Wildman–Crippen MR) is 100 cm³/mol. The van der Waals surface area contributed by atoms with Crippen molar-refractivity contribution < 1.29 is 9.53 Å². The molecule has 2 rings (SSSR count). The number of esters is 1. The molecule has 1 aromatic carbocycles. The van der Waals surface area contributed by atoms with Crippen molar-refractivity contribution >= 4 is 35.2 Å². The summed E-state index contributed by atoms with van der Waals surface area (Å²) >= 11 is 12.4. The minimum absolute atomic E-state index is 0.0499. The Morgan fingerprint density at radius 3 is 2.56 bits per heavy atom. The normalized spacial score (nSPS) is 11.5. The molecule has 0 amide bonds. The van der Waals surface area contributed by atoms with Crippen molar-refractivity contribution in [3.63, 3.8) is 0 Å². The fourth-order valence-electron chi connectivity index (χ4n) is 2.53. The second kappa shape index (κ2) is 7.77. The van der Waals surface area contributed by atoms with Crippen LogP contribution in [0.3, 0.4) is 0 Å². The molecule has 0 saturated carbocycles. The van der Waals surface area contributed by atoms with E-state index < -0.39 is 5.97 Å². The summed E-state index contributed by atoms with van der Waals surface area (Å²) in [6.07, 6.45) is 1.24. The van der Waals surface area contributed by atoms with Gasteiger partial charge >= 0.3 is 5.97 Å². The number of benzene rings is 1. The van der Waals surface area contributed by atoms with Gasteiger partial charge in [0, 0.05) is 16.4 Å². The first-order chi connectivity index (χ1) is 11.7. The Hall–Kier alpha value is -2.22. The zero-order valence-corrected chi connectivity index (χ0v) is 15.9. The number of rotatable bonds is 4. The highest BCUT2D eigenvalue weighted by Gasteiger charge is 2.16. The number of carbonyl (C=O) groups excluding carboxylic acids is 1. The lowest BCUT2D eigenvalue weighted by molar-refractivity contribution is -0.142. The highest BCUT2D eigenvalue weighted by molar-refractivity contribution is 6.34. The number of nitriles is 1. The van der Waals surface area contributed by atoms with Gasteiger partial charge in [0.15, 0.2) is 0 Å². The number of hydrogen-bond donors (Lipinski definition) is 0. The number of nitrogens with zero attached hydrogens (tertiary/aromatic N) is 2. The van der Waals surface area contributed by atoms with Gasteiger partial charge < -0.3 is 9.30 Å². The smallest absolute Gasteiger partial charge is 0.349 e. The number of aryl methyl sites for hydroxylation is 1. The molecule has 0 bridgehead atoms. The Labute approximate surface area is 157 Å². The summed E-state index contributed by atoms with van der Waals surface area (Å²) in [4.78, 5) is 12.0. The third-order valence-electron chi connectivity index (χ3n) is 3.60. The molecule has 0 radical (unpaired) electrons. The van der Waals surface area contributed by atoms with Gasteiger partial charge in [-0.15, -0.1) is 0 Å². The van der Waals surface area contributed by atoms with Crippen molar-refractivity contribution in [1.29, 1.82) is 5.26 Å². The van der Waals surface area contributed by atoms with Crippen molar-refractivity contribution in [3.8, 4) is 11.8 Å². The molecule has 0 spiro atoms. The van der Waals surface area contributed by atoms with Crippen LogP contribution in [0.1, 0.15) is 30.8 Å². The minimum atomic E-state index is -0.636. The monoisotopic (exact) mass is 376 g/mol. The second-order valence-corrected chi connectivity index (χ2v) is 6.73. The first-order valence-corrected chi connectivity index (χ1v) is 8.47. The van der Waals surface area contributed by atoms with Crippen molar-refractivity contribution in [2.24, 2.45) is 0 Å². The largest absolute Gasteiger partial charge is 0.459 e. The van der Waals surface area contributed by atoms with Crippen LogP contribution in [0.15, 0.2) is 29.8 Å². The predicted octanol–water partition coefficient (Wildman–Crippen LogP) is 5.26. The third-order valence-corrected chi connectivity index (χ3v) is 4.16. The molecule has 0 N–H and O–H groups in total. The summed E-state index contributed by atoms with van der Waals surface area (Å²) in [7, 11) is 0. The number of ether oxygens (including phenoxy) is 1. The van der Waals surface area contributed by atoms with Crippen LogP contribution in [0.5, 0.6) is 0 Å². The molecule has 2 aromatic rings. The van der Waals surface area contributed by atoms with E-state index in [4.69, 9.17) is 27.9 Å². The van der Waals surface area contributed by atoms with Gasteiger partial charge in [0.1, 0.15) is 11.6 Å². The Bertz CT molecular complexity index is 890. The van der Waals surface area contributed by atoms with Crippen molar-refractivity contribution in [2.45, 2.75) is 33.8 Å². The molecule has 0 saturated heterocycles. The SMILES string of the molecule is Cc1cc(C=C(C#N)C(=O)OC(C)C)c(C)n1-c1cc(Cl)ccc1Cl. The van der Waals surface area contributed by atoms with E-state index in [1.54, 1.807) is 32.0 Å². The Morgan fingerprint density at radius 1 is 1.28 bits per heavy atom. The quantitative estimate of drug-likeness (QED) is 0.415. The molecule has 0 atom stereocenters. The molecule has 6 heteroatoms. The number of hydrogen-bond acceptors (Lipinski definition) is 3. The molecule has 0 aliphatic carbocycles. The molecular formula is C19H18Cl2N2O2. The van der Waals surface area contributed by atoms with E-state index in [0.717, 1.165) is 22.6 Å². The van der Waals surface area contributed by atoms with Gasteiger partial charge in [-0.2, -0.15) is 5.26 Å². The summed E-state index contributed by atoms with van der Waals surface area (Å²) in [5.74, 6) is -0.636. The van der Waals surface area contributed by atoms with Crippen LogP contribution >= 0.6 is 23.2 Å². The van der Waals surface area contributed by atoms with Crippen LogP contribution in [0.4, 0.5) is 0 Å². The summed E-state index contributed by atoms with van der Waals surface area (Å²) in [5.41, 5.74) is 3.18. The van der Waals surface area contributed by atoms with E-state index in [0.29, 0.717) is 10.0 Å². The zero-order chi connectivity index (χ0) is 18.7. The maximum Gasteiger partial charge on any atom is 0.349 e. The van der Waals surface area contributed by atoms with E-state index >= 15 is 0 Å². The molecule has 0 unspecified atom stereocenters. The first-order valence-electron chi connectivity index (χ1n) is 7.71. The lowest BCUT2D eigenvalue weighted by Crippen LogP contribution is -2.12. The van der Waals surface area contributed by atoms with E-state index in [2.05, 4.69) is 0 Å². The maximum atomic E-state index is 12.0. The maximum absolute atomic E-state index is 12.0. The van der Waals surface area contributed by atoms with Gasteiger partial charge in [-0.25, -0.2) is 4.79 Å². The number of halogens is 2. The van der Waals surface area contributed by atoms with Crippen LogP contribution in [0.2, 0.25) is 10.0 Å². The van der Waals surface area contributed by atoms with Crippen LogP contribution in [0, 0.1) is 25.2 Å². The van der Waals surface area contributed by atoms with Gasteiger partial charge in [0.2, 0.25) is 0 Å². The van der Waals surface area contributed by atoms with E-state index in [1.165, 1.54) is 6.08 Å². The second-order valence-electron chi connectivity index (χ2n) is 5.88. The molecule has 1 heterocycles. The van der Waals surface area contributed by atoms with Crippen LogP contribution in [-0.2, 0) is 9.53 Å². The first kappa shape index (κ1) is 19.1. The Morgan fingerprint density at radius 2 is 1.96 bits per heavy atom. The summed E-state index contributed by atoms with van der Waals surface area (Å²) in [6.45, 7) is 7.28. The van der Waals surface area contributed by atoms with Crippen molar-refractivity contribution in [1.82, 2.24) is 4.57 Å².